The van der Waals surface area contributed by atoms with Gasteiger partial charge in [-0.15, -0.1) is 0 Å². The standard InChI is InChI=1S/C15H9ClN2O4S2/c16-9-3-1-8(2-4-9)11-5-10(17-22-11)6-12-14(21)18(7-13(19)20)15(23)24-12/h1-6H,7H2,(H,19,20)/b12-6-. The minimum absolute atomic E-state index is 0.204. The van der Waals surface area contributed by atoms with Gasteiger partial charge in [0.2, 0.25) is 0 Å². The summed E-state index contributed by atoms with van der Waals surface area (Å²) in [5.41, 5.74) is 1.24. The van der Waals surface area contributed by atoms with Gasteiger partial charge in [0.25, 0.3) is 5.91 Å². The van der Waals surface area contributed by atoms with Gasteiger partial charge in [-0.05, 0) is 30.3 Å². The molecule has 3 rings (SSSR count). The van der Waals surface area contributed by atoms with E-state index in [-0.39, 0.29) is 4.32 Å². The number of thiocarbonyl (C=S) groups is 1. The van der Waals surface area contributed by atoms with Gasteiger partial charge in [0.1, 0.15) is 16.6 Å². The van der Waals surface area contributed by atoms with Crippen molar-refractivity contribution >= 4 is 57.9 Å². The molecule has 1 aromatic carbocycles. The third-order valence-corrected chi connectivity index (χ3v) is 4.73. The molecule has 1 fully saturated rings. The first kappa shape index (κ1) is 16.7. The fourth-order valence-corrected chi connectivity index (χ4v) is 3.38. The summed E-state index contributed by atoms with van der Waals surface area (Å²) in [5, 5.41) is 13.3. The summed E-state index contributed by atoms with van der Waals surface area (Å²) < 4.78 is 5.46. The van der Waals surface area contributed by atoms with Crippen molar-refractivity contribution in [3.8, 4) is 11.3 Å². The van der Waals surface area contributed by atoms with E-state index in [9.17, 15) is 9.59 Å². The van der Waals surface area contributed by atoms with Crippen LogP contribution in [0, 0.1) is 0 Å². The first-order valence-electron chi connectivity index (χ1n) is 6.64. The monoisotopic (exact) mass is 380 g/mol. The van der Waals surface area contributed by atoms with Crippen LogP contribution in [0.25, 0.3) is 17.4 Å². The highest BCUT2D eigenvalue weighted by Gasteiger charge is 2.33. The molecule has 9 heteroatoms. The number of carboxylic acid groups (broad SMARTS) is 1. The van der Waals surface area contributed by atoms with Crippen LogP contribution in [0.4, 0.5) is 0 Å². The lowest BCUT2D eigenvalue weighted by molar-refractivity contribution is -0.140. The zero-order valence-corrected chi connectivity index (χ0v) is 14.3. The highest BCUT2D eigenvalue weighted by atomic mass is 35.5. The topological polar surface area (TPSA) is 83.6 Å². The van der Waals surface area contributed by atoms with Crippen molar-refractivity contribution in [1.29, 1.82) is 0 Å². The Labute approximate surface area is 151 Å². The molecule has 0 bridgehead atoms. The van der Waals surface area contributed by atoms with Gasteiger partial charge in [-0.2, -0.15) is 0 Å². The predicted octanol–water partition coefficient (Wildman–Crippen LogP) is 3.28. The maximum absolute atomic E-state index is 12.2. The van der Waals surface area contributed by atoms with E-state index in [1.54, 1.807) is 30.3 Å². The number of hydrogen-bond acceptors (Lipinski definition) is 6. The van der Waals surface area contributed by atoms with Gasteiger partial charge in [-0.25, -0.2) is 0 Å². The third kappa shape index (κ3) is 3.50. The number of benzene rings is 1. The van der Waals surface area contributed by atoms with Gasteiger partial charge in [0, 0.05) is 16.7 Å². The van der Waals surface area contributed by atoms with E-state index in [2.05, 4.69) is 5.16 Å². The number of carbonyl (C=O) groups is 2. The lowest BCUT2D eigenvalue weighted by Gasteiger charge is -2.09. The normalized spacial score (nSPS) is 16.2. The van der Waals surface area contributed by atoms with Gasteiger partial charge >= 0.3 is 5.97 Å². The second-order valence-corrected chi connectivity index (χ2v) is 6.90. The van der Waals surface area contributed by atoms with Crippen molar-refractivity contribution in [3.63, 3.8) is 0 Å². The maximum atomic E-state index is 12.2. The Morgan fingerprint density at radius 3 is 2.79 bits per heavy atom. The van der Waals surface area contributed by atoms with Gasteiger partial charge in [0.05, 0.1) is 4.91 Å². The van der Waals surface area contributed by atoms with E-state index in [1.807, 2.05) is 0 Å². The highest BCUT2D eigenvalue weighted by Crippen LogP contribution is 2.32. The number of carboxylic acids is 1. The molecular formula is C15H9ClN2O4S2. The molecule has 0 radical (unpaired) electrons. The summed E-state index contributed by atoms with van der Waals surface area (Å²) in [6.45, 7) is -0.461. The summed E-state index contributed by atoms with van der Waals surface area (Å²) in [4.78, 5) is 24.3. The van der Waals surface area contributed by atoms with Crippen molar-refractivity contribution < 1.29 is 19.2 Å². The van der Waals surface area contributed by atoms with Crippen LogP contribution in [0.5, 0.6) is 0 Å². The molecule has 1 saturated heterocycles. The highest BCUT2D eigenvalue weighted by molar-refractivity contribution is 8.26. The molecule has 2 heterocycles. The van der Waals surface area contributed by atoms with E-state index in [1.165, 1.54) is 6.08 Å². The maximum Gasteiger partial charge on any atom is 0.323 e. The Balaban J connectivity index is 1.82. The van der Waals surface area contributed by atoms with Crippen molar-refractivity contribution in [2.45, 2.75) is 0 Å². The first-order valence-corrected chi connectivity index (χ1v) is 8.24. The molecule has 6 nitrogen and oxygen atoms in total. The fourth-order valence-electron chi connectivity index (χ4n) is 2.01. The molecular weight excluding hydrogens is 372 g/mol. The van der Waals surface area contributed by atoms with Gasteiger partial charge in [-0.1, -0.05) is 40.7 Å². The second-order valence-electron chi connectivity index (χ2n) is 4.78. The Kier molecular flexibility index (Phi) is 4.70. The molecule has 1 amide bonds. The van der Waals surface area contributed by atoms with Crippen molar-refractivity contribution in [2.24, 2.45) is 0 Å². The zero-order chi connectivity index (χ0) is 17.3. The van der Waals surface area contributed by atoms with Crippen LogP contribution >= 0.6 is 35.6 Å². The van der Waals surface area contributed by atoms with E-state index in [0.717, 1.165) is 22.2 Å². The SMILES string of the molecule is O=C(O)CN1C(=O)/C(=C/c2cc(-c3ccc(Cl)cc3)on2)SC1=S. The third-order valence-electron chi connectivity index (χ3n) is 3.10. The Hall–Kier alpha value is -2.16. The van der Waals surface area contributed by atoms with E-state index in [0.29, 0.717) is 21.4 Å². The molecule has 0 spiro atoms. The predicted molar refractivity (Wildman–Crippen MR) is 94.5 cm³/mol. The van der Waals surface area contributed by atoms with Crippen LogP contribution in [0.2, 0.25) is 5.02 Å². The summed E-state index contributed by atoms with van der Waals surface area (Å²) in [6.07, 6.45) is 1.52. The largest absolute Gasteiger partial charge is 0.480 e. The number of halogens is 1. The lowest BCUT2D eigenvalue weighted by atomic mass is 10.1. The first-order chi connectivity index (χ1) is 11.4. The Morgan fingerprint density at radius 2 is 2.12 bits per heavy atom. The quantitative estimate of drug-likeness (QED) is 0.643. The number of aromatic nitrogens is 1. The molecule has 0 unspecified atom stereocenters. The number of amides is 1. The molecule has 2 aromatic rings. The molecule has 0 atom stereocenters. The molecule has 24 heavy (non-hydrogen) atoms. The summed E-state index contributed by atoms with van der Waals surface area (Å²) >= 11 is 11.9. The van der Waals surface area contributed by atoms with Crippen molar-refractivity contribution in [2.75, 3.05) is 6.54 Å². The number of thioether (sulfide) groups is 1. The molecule has 1 N–H and O–H groups in total. The average molecular weight is 381 g/mol. The minimum Gasteiger partial charge on any atom is -0.480 e. The van der Waals surface area contributed by atoms with E-state index in [4.69, 9.17) is 33.4 Å². The van der Waals surface area contributed by atoms with Crippen LogP contribution in [-0.2, 0) is 9.59 Å². The number of aliphatic carboxylic acids is 1. The van der Waals surface area contributed by atoms with Gasteiger partial charge < -0.3 is 9.63 Å². The van der Waals surface area contributed by atoms with Crippen LogP contribution < -0.4 is 0 Å². The summed E-state index contributed by atoms with van der Waals surface area (Å²) in [6, 6.07) is 8.72. The zero-order valence-electron chi connectivity index (χ0n) is 11.9. The molecule has 0 aliphatic carbocycles. The van der Waals surface area contributed by atoms with Crippen LogP contribution in [0.1, 0.15) is 5.69 Å². The number of nitrogens with zero attached hydrogens (tertiary/aromatic N) is 2. The van der Waals surface area contributed by atoms with Crippen LogP contribution in [0.15, 0.2) is 39.8 Å². The minimum atomic E-state index is -1.13. The Morgan fingerprint density at radius 1 is 1.42 bits per heavy atom. The average Bonchev–Trinajstić information content (AvgIpc) is 3.09. The van der Waals surface area contributed by atoms with Gasteiger partial charge in [0.15, 0.2) is 5.76 Å². The van der Waals surface area contributed by atoms with Crippen molar-refractivity contribution in [3.05, 3.63) is 46.0 Å². The Bertz CT molecular complexity index is 861. The number of hydrogen-bond donors (Lipinski definition) is 1. The lowest BCUT2D eigenvalue weighted by Crippen LogP contribution is -2.33. The van der Waals surface area contributed by atoms with Crippen molar-refractivity contribution in [1.82, 2.24) is 10.1 Å². The number of rotatable bonds is 4. The summed E-state index contributed by atoms with van der Waals surface area (Å²) in [5.74, 6) is -1.05. The molecule has 1 aromatic heterocycles. The van der Waals surface area contributed by atoms with Crippen LogP contribution in [-0.4, -0.2) is 37.9 Å². The smallest absolute Gasteiger partial charge is 0.323 e. The molecule has 1 aliphatic heterocycles. The van der Waals surface area contributed by atoms with E-state index >= 15 is 0 Å². The second kappa shape index (κ2) is 6.76. The van der Waals surface area contributed by atoms with Crippen LogP contribution in [0.3, 0.4) is 0 Å². The van der Waals surface area contributed by atoms with E-state index < -0.39 is 18.4 Å². The van der Waals surface area contributed by atoms with Gasteiger partial charge in [-0.3, -0.25) is 14.5 Å². The molecule has 122 valence electrons. The fraction of sp³-hybridized carbons (Fsp3) is 0.0667. The summed E-state index contributed by atoms with van der Waals surface area (Å²) in [7, 11) is 0. The molecule has 0 saturated carbocycles. The molecule has 1 aliphatic rings. The number of carbonyl (C=O) groups excluding carboxylic acids is 1.